The largest absolute Gasteiger partial charge is 0.308 e. The van der Waals surface area contributed by atoms with Crippen LogP contribution in [0.2, 0.25) is 0 Å². The number of amides is 1. The Balaban J connectivity index is 2.60. The second kappa shape index (κ2) is 6.02. The number of nitrogens with two attached hydrogens (primary N) is 1. The Morgan fingerprint density at radius 1 is 1.24 bits per heavy atom. The molecule has 0 aliphatic heterocycles. The number of nitrogens with zero attached hydrogens (tertiary/aromatic N) is 1. The van der Waals surface area contributed by atoms with Crippen LogP contribution in [0.15, 0.2) is 16.9 Å². The predicted octanol–water partition coefficient (Wildman–Crippen LogP) is 2.25. The zero-order chi connectivity index (χ0) is 15.6. The van der Waals surface area contributed by atoms with E-state index < -0.39 is 5.91 Å². The van der Waals surface area contributed by atoms with Crippen molar-refractivity contribution >= 4 is 5.91 Å². The number of hydrogen-bond acceptors (Lipinski definition) is 3. The molecule has 1 aliphatic rings. The summed E-state index contributed by atoms with van der Waals surface area (Å²) in [6, 6.07) is 3.66. The fourth-order valence-corrected chi connectivity index (χ4v) is 3.12. The van der Waals surface area contributed by atoms with E-state index in [1.54, 1.807) is 6.07 Å². The summed E-state index contributed by atoms with van der Waals surface area (Å²) in [5, 5.41) is 0. The molecule has 5 heteroatoms. The van der Waals surface area contributed by atoms with E-state index in [-0.39, 0.29) is 22.6 Å². The SMILES string of the molecule is CC(C)(C)c1ccc(C(=O)NN)c(=O)n1C1CCCCC1. The van der Waals surface area contributed by atoms with Gasteiger partial charge in [-0.05, 0) is 25.0 Å². The summed E-state index contributed by atoms with van der Waals surface area (Å²) in [4.78, 5) is 24.6. The highest BCUT2D eigenvalue weighted by atomic mass is 16.2. The fourth-order valence-electron chi connectivity index (χ4n) is 3.12. The van der Waals surface area contributed by atoms with E-state index in [1.165, 1.54) is 6.42 Å². The van der Waals surface area contributed by atoms with Crippen molar-refractivity contribution in [3.8, 4) is 0 Å². The third-order valence-electron chi connectivity index (χ3n) is 4.20. The van der Waals surface area contributed by atoms with Gasteiger partial charge in [0.05, 0.1) is 0 Å². The van der Waals surface area contributed by atoms with Crippen molar-refractivity contribution in [1.29, 1.82) is 0 Å². The molecular formula is C16H25N3O2. The molecular weight excluding hydrogens is 266 g/mol. The lowest BCUT2D eigenvalue weighted by molar-refractivity contribution is 0.0951. The van der Waals surface area contributed by atoms with Crippen LogP contribution < -0.4 is 16.8 Å². The van der Waals surface area contributed by atoms with E-state index in [0.717, 1.165) is 31.4 Å². The standard InChI is InChI=1S/C16H25N3O2/c1-16(2,3)13-10-9-12(14(20)18-17)15(21)19(13)11-7-5-4-6-8-11/h9-11H,4-8,17H2,1-3H3,(H,18,20). The normalized spacial score (nSPS) is 16.8. The Morgan fingerprint density at radius 3 is 2.38 bits per heavy atom. The van der Waals surface area contributed by atoms with E-state index in [0.29, 0.717) is 0 Å². The number of carbonyl (C=O) groups is 1. The van der Waals surface area contributed by atoms with E-state index in [2.05, 4.69) is 26.2 Å². The van der Waals surface area contributed by atoms with Gasteiger partial charge in [-0.2, -0.15) is 0 Å². The maximum atomic E-state index is 12.8. The summed E-state index contributed by atoms with van der Waals surface area (Å²) in [5.41, 5.74) is 2.79. The van der Waals surface area contributed by atoms with Crippen LogP contribution in [0.25, 0.3) is 0 Å². The molecule has 1 aromatic rings. The van der Waals surface area contributed by atoms with E-state index >= 15 is 0 Å². The molecule has 5 nitrogen and oxygen atoms in total. The van der Waals surface area contributed by atoms with Gasteiger partial charge in [0.15, 0.2) is 0 Å². The molecule has 1 heterocycles. The third-order valence-corrected chi connectivity index (χ3v) is 4.20. The number of rotatable bonds is 2. The van der Waals surface area contributed by atoms with Crippen LogP contribution in [0.4, 0.5) is 0 Å². The number of hydrazine groups is 1. The van der Waals surface area contributed by atoms with Gasteiger partial charge in [0.1, 0.15) is 5.56 Å². The zero-order valence-electron chi connectivity index (χ0n) is 13.1. The molecule has 2 rings (SSSR count). The first-order valence-electron chi connectivity index (χ1n) is 7.63. The maximum Gasteiger partial charge on any atom is 0.270 e. The monoisotopic (exact) mass is 291 g/mol. The van der Waals surface area contributed by atoms with Gasteiger partial charge < -0.3 is 4.57 Å². The van der Waals surface area contributed by atoms with Crippen LogP contribution in [0, 0.1) is 0 Å². The molecule has 1 aliphatic carbocycles. The van der Waals surface area contributed by atoms with Crippen LogP contribution in [-0.4, -0.2) is 10.5 Å². The lowest BCUT2D eigenvalue weighted by Crippen LogP contribution is -2.40. The predicted molar refractivity (Wildman–Crippen MR) is 83.2 cm³/mol. The van der Waals surface area contributed by atoms with Crippen LogP contribution in [-0.2, 0) is 5.41 Å². The number of pyridine rings is 1. The highest BCUT2D eigenvalue weighted by Crippen LogP contribution is 2.31. The minimum atomic E-state index is -0.523. The lowest BCUT2D eigenvalue weighted by atomic mass is 9.88. The van der Waals surface area contributed by atoms with Gasteiger partial charge >= 0.3 is 0 Å². The Bertz CT molecular complexity index is 578. The molecule has 116 valence electrons. The van der Waals surface area contributed by atoms with E-state index in [1.807, 2.05) is 10.6 Å². The summed E-state index contributed by atoms with van der Waals surface area (Å²) >= 11 is 0. The van der Waals surface area contributed by atoms with Crippen molar-refractivity contribution in [3.05, 3.63) is 33.7 Å². The topological polar surface area (TPSA) is 77.1 Å². The molecule has 1 amide bonds. The molecule has 1 saturated carbocycles. The fraction of sp³-hybridized carbons (Fsp3) is 0.625. The quantitative estimate of drug-likeness (QED) is 0.498. The zero-order valence-corrected chi connectivity index (χ0v) is 13.1. The maximum absolute atomic E-state index is 12.8. The van der Waals surface area contributed by atoms with Crippen LogP contribution >= 0.6 is 0 Å². The minimum Gasteiger partial charge on any atom is -0.308 e. The Hall–Kier alpha value is -1.62. The molecule has 3 N–H and O–H groups in total. The van der Waals surface area contributed by atoms with Gasteiger partial charge in [-0.3, -0.25) is 15.0 Å². The smallest absolute Gasteiger partial charge is 0.270 e. The number of carbonyl (C=O) groups excluding carboxylic acids is 1. The molecule has 0 saturated heterocycles. The van der Waals surface area contributed by atoms with Gasteiger partial charge in [0.2, 0.25) is 0 Å². The summed E-state index contributed by atoms with van der Waals surface area (Å²) < 4.78 is 1.84. The summed E-state index contributed by atoms with van der Waals surface area (Å²) in [6.45, 7) is 6.26. The molecule has 0 bridgehead atoms. The van der Waals surface area contributed by atoms with Gasteiger partial charge in [-0.25, -0.2) is 5.84 Å². The van der Waals surface area contributed by atoms with Gasteiger partial charge in [-0.1, -0.05) is 40.0 Å². The van der Waals surface area contributed by atoms with Gasteiger partial charge in [0.25, 0.3) is 11.5 Å². The van der Waals surface area contributed by atoms with Gasteiger partial charge in [0, 0.05) is 17.2 Å². The summed E-state index contributed by atoms with van der Waals surface area (Å²) in [7, 11) is 0. The number of hydrogen-bond donors (Lipinski definition) is 2. The van der Waals surface area contributed by atoms with Gasteiger partial charge in [-0.15, -0.1) is 0 Å². The molecule has 0 atom stereocenters. The molecule has 0 radical (unpaired) electrons. The van der Waals surface area contributed by atoms with E-state index in [4.69, 9.17) is 5.84 Å². The lowest BCUT2D eigenvalue weighted by Gasteiger charge is -2.32. The number of nitrogens with one attached hydrogen (secondary N) is 1. The number of aromatic nitrogens is 1. The van der Waals surface area contributed by atoms with Crippen molar-refractivity contribution in [2.75, 3.05) is 0 Å². The molecule has 0 spiro atoms. The second-order valence-electron chi connectivity index (χ2n) is 6.82. The van der Waals surface area contributed by atoms with Crippen LogP contribution in [0.3, 0.4) is 0 Å². The van der Waals surface area contributed by atoms with Crippen molar-refractivity contribution in [2.45, 2.75) is 64.3 Å². The molecule has 1 fully saturated rings. The average Bonchev–Trinajstić information content (AvgIpc) is 2.46. The molecule has 21 heavy (non-hydrogen) atoms. The first kappa shape index (κ1) is 15.8. The van der Waals surface area contributed by atoms with Crippen LogP contribution in [0.5, 0.6) is 0 Å². The summed E-state index contributed by atoms with van der Waals surface area (Å²) in [5.74, 6) is 4.65. The Labute approximate surface area is 125 Å². The van der Waals surface area contributed by atoms with Crippen LogP contribution in [0.1, 0.15) is 75.0 Å². The molecule has 0 aromatic carbocycles. The highest BCUT2D eigenvalue weighted by Gasteiger charge is 2.27. The average molecular weight is 291 g/mol. The van der Waals surface area contributed by atoms with Crippen molar-refractivity contribution in [1.82, 2.24) is 9.99 Å². The van der Waals surface area contributed by atoms with Crippen molar-refractivity contribution < 1.29 is 4.79 Å². The first-order valence-corrected chi connectivity index (χ1v) is 7.63. The highest BCUT2D eigenvalue weighted by molar-refractivity contribution is 5.93. The van der Waals surface area contributed by atoms with Crippen molar-refractivity contribution in [2.24, 2.45) is 5.84 Å². The van der Waals surface area contributed by atoms with Crippen molar-refractivity contribution in [3.63, 3.8) is 0 Å². The molecule has 1 aromatic heterocycles. The Morgan fingerprint density at radius 2 is 1.86 bits per heavy atom. The minimum absolute atomic E-state index is 0.121. The molecule has 0 unspecified atom stereocenters. The summed E-state index contributed by atoms with van der Waals surface area (Å²) in [6.07, 6.45) is 5.48. The second-order valence-corrected chi connectivity index (χ2v) is 6.82. The Kier molecular flexibility index (Phi) is 4.52. The number of nitrogen functional groups attached to an aromatic ring is 1. The van der Waals surface area contributed by atoms with E-state index in [9.17, 15) is 9.59 Å². The first-order chi connectivity index (χ1) is 9.86. The third kappa shape index (κ3) is 3.18.